The molecule has 0 bridgehead atoms. The van der Waals surface area contributed by atoms with Gasteiger partial charge in [-0.3, -0.25) is 0 Å². The summed E-state index contributed by atoms with van der Waals surface area (Å²) in [6.45, 7) is 5.97. The molecule has 0 unspecified atom stereocenters. The summed E-state index contributed by atoms with van der Waals surface area (Å²) in [5.74, 6) is 1.68. The van der Waals surface area contributed by atoms with Crippen molar-refractivity contribution < 1.29 is 9.47 Å². The summed E-state index contributed by atoms with van der Waals surface area (Å²) in [4.78, 5) is 0. The molecule has 0 aliphatic carbocycles. The maximum atomic E-state index is 6.07. The van der Waals surface area contributed by atoms with E-state index in [4.69, 9.17) is 15.2 Å². The van der Waals surface area contributed by atoms with Crippen LogP contribution in [-0.2, 0) is 6.42 Å². The van der Waals surface area contributed by atoms with Gasteiger partial charge in [0.1, 0.15) is 11.5 Å². The number of hydrogen-bond donors (Lipinski definition) is 1. The number of halogens is 1. The predicted molar refractivity (Wildman–Crippen MR) is 74.0 cm³/mol. The summed E-state index contributed by atoms with van der Waals surface area (Å²) in [6.07, 6.45) is 0.716. The minimum atomic E-state index is -0.296. The van der Waals surface area contributed by atoms with E-state index >= 15 is 0 Å². The fourth-order valence-corrected chi connectivity index (χ4v) is 2.63. The van der Waals surface area contributed by atoms with Crippen LogP contribution < -0.4 is 15.2 Å². The van der Waals surface area contributed by atoms with Crippen LogP contribution in [0.2, 0.25) is 0 Å². The lowest BCUT2D eigenvalue weighted by Crippen LogP contribution is -2.34. The topological polar surface area (TPSA) is 44.5 Å². The van der Waals surface area contributed by atoms with Gasteiger partial charge in [-0.1, -0.05) is 0 Å². The van der Waals surface area contributed by atoms with Gasteiger partial charge in [-0.25, -0.2) is 0 Å². The predicted octanol–water partition coefficient (Wildman–Crippen LogP) is 3.05. The van der Waals surface area contributed by atoms with Gasteiger partial charge in [0, 0.05) is 11.1 Å². The lowest BCUT2D eigenvalue weighted by Gasteiger charge is -2.23. The number of benzene rings is 1. The molecule has 1 rings (SSSR count). The van der Waals surface area contributed by atoms with Crippen molar-refractivity contribution in [3.05, 3.63) is 21.7 Å². The highest BCUT2D eigenvalue weighted by Crippen LogP contribution is 2.39. The third-order valence-corrected chi connectivity index (χ3v) is 3.36. The van der Waals surface area contributed by atoms with E-state index in [1.807, 2.05) is 26.8 Å². The average Bonchev–Trinajstić information content (AvgIpc) is 2.21. The minimum Gasteiger partial charge on any atom is -0.496 e. The van der Waals surface area contributed by atoms with Crippen LogP contribution in [0.3, 0.4) is 0 Å². The maximum absolute atomic E-state index is 6.07. The fraction of sp³-hybridized carbons (Fsp3) is 0.538. The van der Waals surface area contributed by atoms with Crippen molar-refractivity contribution in [3.8, 4) is 11.5 Å². The molecule has 1 aromatic rings. The number of nitrogens with two attached hydrogens (primary N) is 1. The molecule has 17 heavy (non-hydrogen) atoms. The summed E-state index contributed by atoms with van der Waals surface area (Å²) in [5, 5.41) is 0. The number of methoxy groups -OCH3 is 2. The Labute approximate surface area is 111 Å². The summed E-state index contributed by atoms with van der Waals surface area (Å²) in [5.41, 5.74) is 7.86. The van der Waals surface area contributed by atoms with Crippen molar-refractivity contribution in [2.24, 2.45) is 5.73 Å². The van der Waals surface area contributed by atoms with Gasteiger partial charge in [0.05, 0.1) is 18.7 Å². The molecule has 0 saturated heterocycles. The van der Waals surface area contributed by atoms with E-state index in [-0.39, 0.29) is 5.54 Å². The smallest absolute Gasteiger partial charge is 0.136 e. The molecule has 0 aromatic heterocycles. The van der Waals surface area contributed by atoms with Gasteiger partial charge in [-0.05, 0) is 54.8 Å². The molecule has 0 amide bonds. The molecular formula is C13H20BrNO2. The molecule has 2 N–H and O–H groups in total. The van der Waals surface area contributed by atoms with Crippen molar-refractivity contribution in [3.63, 3.8) is 0 Å². The summed E-state index contributed by atoms with van der Waals surface area (Å²) >= 11 is 3.58. The summed E-state index contributed by atoms with van der Waals surface area (Å²) < 4.78 is 11.7. The Hall–Kier alpha value is -0.740. The molecule has 96 valence electrons. The van der Waals surface area contributed by atoms with Crippen LogP contribution in [0.5, 0.6) is 11.5 Å². The highest BCUT2D eigenvalue weighted by atomic mass is 79.9. The van der Waals surface area contributed by atoms with E-state index in [0.717, 1.165) is 27.1 Å². The van der Waals surface area contributed by atoms with Crippen LogP contribution in [0.25, 0.3) is 0 Å². The third kappa shape index (κ3) is 3.36. The third-order valence-electron chi connectivity index (χ3n) is 2.52. The van der Waals surface area contributed by atoms with E-state index in [0.29, 0.717) is 6.42 Å². The van der Waals surface area contributed by atoms with Crippen LogP contribution in [0, 0.1) is 6.92 Å². The van der Waals surface area contributed by atoms with Crippen LogP contribution >= 0.6 is 15.9 Å². The SMILES string of the molecule is COc1cc(C)c(OC)c(Br)c1CC(C)(C)N. The van der Waals surface area contributed by atoms with E-state index in [1.165, 1.54) is 0 Å². The number of ether oxygens (including phenoxy) is 2. The zero-order valence-corrected chi connectivity index (χ0v) is 12.6. The Bertz CT molecular complexity index is 411. The van der Waals surface area contributed by atoms with Gasteiger partial charge in [-0.15, -0.1) is 0 Å². The quantitative estimate of drug-likeness (QED) is 0.929. The van der Waals surface area contributed by atoms with Crippen molar-refractivity contribution >= 4 is 15.9 Å². The lowest BCUT2D eigenvalue weighted by atomic mass is 9.94. The van der Waals surface area contributed by atoms with Crippen LogP contribution in [0.15, 0.2) is 10.5 Å². The van der Waals surface area contributed by atoms with Gasteiger partial charge >= 0.3 is 0 Å². The maximum Gasteiger partial charge on any atom is 0.136 e. The summed E-state index contributed by atoms with van der Waals surface area (Å²) in [6, 6.07) is 1.98. The highest BCUT2D eigenvalue weighted by Gasteiger charge is 2.21. The van der Waals surface area contributed by atoms with Crippen molar-refractivity contribution in [1.29, 1.82) is 0 Å². The van der Waals surface area contributed by atoms with Crippen molar-refractivity contribution in [2.45, 2.75) is 32.7 Å². The molecule has 3 nitrogen and oxygen atoms in total. The zero-order chi connectivity index (χ0) is 13.2. The molecule has 0 atom stereocenters. The molecule has 0 aliphatic heterocycles. The molecule has 0 spiro atoms. The second kappa shape index (κ2) is 5.27. The molecular weight excluding hydrogens is 282 g/mol. The standard InChI is InChI=1S/C13H20BrNO2/c1-8-6-10(16-4)9(7-13(2,3)15)11(14)12(8)17-5/h6H,7,15H2,1-5H3. The van der Waals surface area contributed by atoms with Gasteiger partial charge in [0.2, 0.25) is 0 Å². The lowest BCUT2D eigenvalue weighted by molar-refractivity contribution is 0.388. The van der Waals surface area contributed by atoms with Crippen LogP contribution in [0.4, 0.5) is 0 Å². The Kier molecular flexibility index (Phi) is 4.44. The van der Waals surface area contributed by atoms with E-state index in [1.54, 1.807) is 14.2 Å². The number of hydrogen-bond acceptors (Lipinski definition) is 3. The van der Waals surface area contributed by atoms with Crippen molar-refractivity contribution in [2.75, 3.05) is 14.2 Å². The first-order valence-corrected chi connectivity index (χ1v) is 6.28. The zero-order valence-electron chi connectivity index (χ0n) is 11.1. The first kappa shape index (κ1) is 14.3. The molecule has 0 radical (unpaired) electrons. The van der Waals surface area contributed by atoms with Gasteiger partial charge in [-0.2, -0.15) is 0 Å². The second-order valence-electron chi connectivity index (χ2n) is 4.89. The molecule has 0 fully saturated rings. The van der Waals surface area contributed by atoms with E-state index in [9.17, 15) is 0 Å². The number of aryl methyl sites for hydroxylation is 1. The number of rotatable bonds is 4. The monoisotopic (exact) mass is 301 g/mol. The average molecular weight is 302 g/mol. The molecule has 0 saturated carbocycles. The van der Waals surface area contributed by atoms with Crippen LogP contribution in [-0.4, -0.2) is 19.8 Å². The molecule has 0 aliphatic rings. The van der Waals surface area contributed by atoms with Crippen LogP contribution in [0.1, 0.15) is 25.0 Å². The normalized spacial score (nSPS) is 11.5. The van der Waals surface area contributed by atoms with Gasteiger partial charge in [0.15, 0.2) is 0 Å². The Balaban J connectivity index is 3.35. The van der Waals surface area contributed by atoms with Crippen molar-refractivity contribution in [1.82, 2.24) is 0 Å². The van der Waals surface area contributed by atoms with E-state index in [2.05, 4.69) is 15.9 Å². The largest absolute Gasteiger partial charge is 0.496 e. The highest BCUT2D eigenvalue weighted by molar-refractivity contribution is 9.10. The first-order valence-electron chi connectivity index (χ1n) is 5.49. The Morgan fingerprint density at radius 1 is 1.29 bits per heavy atom. The van der Waals surface area contributed by atoms with E-state index < -0.39 is 0 Å². The molecule has 0 heterocycles. The fourth-order valence-electron chi connectivity index (χ4n) is 1.82. The van der Waals surface area contributed by atoms with Gasteiger partial charge < -0.3 is 15.2 Å². The Morgan fingerprint density at radius 3 is 2.29 bits per heavy atom. The minimum absolute atomic E-state index is 0.296. The second-order valence-corrected chi connectivity index (χ2v) is 5.68. The van der Waals surface area contributed by atoms with Gasteiger partial charge in [0.25, 0.3) is 0 Å². The first-order chi connectivity index (χ1) is 7.80. The molecule has 1 aromatic carbocycles. The molecule has 4 heteroatoms. The summed E-state index contributed by atoms with van der Waals surface area (Å²) in [7, 11) is 3.33. The Morgan fingerprint density at radius 2 is 1.88 bits per heavy atom.